The molecule has 0 aliphatic carbocycles. The molecule has 1 saturated heterocycles. The smallest absolute Gasteiger partial charge is 0.270 e. The number of amides is 3. The maximum atomic E-state index is 13.6. The van der Waals surface area contributed by atoms with Crippen molar-refractivity contribution in [3.05, 3.63) is 92.0 Å². The number of nitrogens with zero attached hydrogens (tertiary/aromatic N) is 3. The first-order valence-electron chi connectivity index (χ1n) is 10.9. The van der Waals surface area contributed by atoms with Crippen LogP contribution in [0.15, 0.2) is 54.6 Å². The van der Waals surface area contributed by atoms with Crippen LogP contribution in [-0.4, -0.2) is 40.4 Å². The third-order valence-electron chi connectivity index (χ3n) is 6.61. The Kier molecular flexibility index (Phi) is 4.77. The van der Waals surface area contributed by atoms with Crippen molar-refractivity contribution in [1.29, 1.82) is 0 Å². The summed E-state index contributed by atoms with van der Waals surface area (Å²) >= 11 is 6.11. The lowest BCUT2D eigenvalue weighted by Gasteiger charge is -2.50. The molecule has 180 valence electrons. The van der Waals surface area contributed by atoms with Crippen LogP contribution in [0.5, 0.6) is 11.5 Å². The SMILES string of the molecule is Cc1cc(Cl)ccc1N1C(=O)[C@H](N2C(=O)c3ccc([N+](=O)[O-])cc3C2=O)[C@H]1c1ccc2c(c1)OCO2. The summed E-state index contributed by atoms with van der Waals surface area (Å²) in [6.45, 7) is 1.86. The second-order valence-electron chi connectivity index (χ2n) is 8.61. The Morgan fingerprint density at radius 2 is 1.64 bits per heavy atom. The van der Waals surface area contributed by atoms with E-state index >= 15 is 0 Å². The van der Waals surface area contributed by atoms with Gasteiger partial charge in [-0.25, -0.2) is 0 Å². The van der Waals surface area contributed by atoms with E-state index in [-0.39, 0.29) is 23.6 Å². The molecule has 3 heterocycles. The third-order valence-corrected chi connectivity index (χ3v) is 6.85. The molecule has 3 aromatic carbocycles. The van der Waals surface area contributed by atoms with Crippen molar-refractivity contribution in [2.45, 2.75) is 19.0 Å². The molecule has 3 aliphatic heterocycles. The highest BCUT2D eigenvalue weighted by molar-refractivity contribution is 6.31. The van der Waals surface area contributed by atoms with Gasteiger partial charge in [-0.15, -0.1) is 0 Å². The normalized spacial score (nSPS) is 20.0. The molecule has 0 N–H and O–H groups in total. The van der Waals surface area contributed by atoms with Crippen LogP contribution in [-0.2, 0) is 4.79 Å². The second-order valence-corrected chi connectivity index (χ2v) is 9.05. The highest BCUT2D eigenvalue weighted by Crippen LogP contribution is 2.47. The van der Waals surface area contributed by atoms with Gasteiger partial charge in [0.25, 0.3) is 23.4 Å². The molecule has 0 aromatic heterocycles. The number of β-lactam (4-membered cyclic amide) rings is 1. The summed E-state index contributed by atoms with van der Waals surface area (Å²) in [5.74, 6) is -0.872. The van der Waals surface area contributed by atoms with Gasteiger partial charge in [-0.05, 0) is 54.4 Å². The van der Waals surface area contributed by atoms with E-state index in [9.17, 15) is 24.5 Å². The predicted octanol–water partition coefficient (Wildman–Crippen LogP) is 4.04. The second kappa shape index (κ2) is 7.79. The van der Waals surface area contributed by atoms with Gasteiger partial charge in [0, 0.05) is 22.8 Å². The zero-order valence-electron chi connectivity index (χ0n) is 18.6. The first-order valence-corrected chi connectivity index (χ1v) is 11.3. The molecule has 3 aromatic rings. The molecule has 6 rings (SSSR count). The summed E-state index contributed by atoms with van der Waals surface area (Å²) < 4.78 is 10.9. The first-order chi connectivity index (χ1) is 17.3. The number of hydrogen-bond acceptors (Lipinski definition) is 7. The summed E-state index contributed by atoms with van der Waals surface area (Å²) in [6.07, 6.45) is 0. The van der Waals surface area contributed by atoms with Gasteiger partial charge in [-0.3, -0.25) is 29.4 Å². The Balaban J connectivity index is 1.45. The van der Waals surface area contributed by atoms with Crippen LogP contribution in [0.4, 0.5) is 11.4 Å². The highest BCUT2D eigenvalue weighted by atomic mass is 35.5. The molecule has 2 atom stereocenters. The molecule has 11 heteroatoms. The Morgan fingerprint density at radius 1 is 0.889 bits per heavy atom. The predicted molar refractivity (Wildman–Crippen MR) is 126 cm³/mol. The van der Waals surface area contributed by atoms with Gasteiger partial charge >= 0.3 is 0 Å². The monoisotopic (exact) mass is 505 g/mol. The number of anilines is 1. The maximum absolute atomic E-state index is 13.6. The maximum Gasteiger partial charge on any atom is 0.270 e. The quantitative estimate of drug-likeness (QED) is 0.227. The van der Waals surface area contributed by atoms with E-state index in [4.69, 9.17) is 21.1 Å². The number of carbonyl (C=O) groups excluding carboxylic acids is 3. The van der Waals surface area contributed by atoms with E-state index < -0.39 is 34.7 Å². The summed E-state index contributed by atoms with van der Waals surface area (Å²) in [7, 11) is 0. The minimum Gasteiger partial charge on any atom is -0.454 e. The van der Waals surface area contributed by atoms with Crippen molar-refractivity contribution >= 4 is 40.7 Å². The standard InChI is InChI=1S/C25H16ClN3O7/c1-12-8-14(26)3-6-18(12)27-21(13-2-7-19-20(9-13)36-11-35-19)22(25(27)32)28-23(30)16-5-4-15(29(33)34)10-17(16)24(28)31/h2-10,21-22H,11H2,1H3/t21-,22-/m1/s1. The molecule has 0 unspecified atom stereocenters. The van der Waals surface area contributed by atoms with Gasteiger partial charge in [0.2, 0.25) is 6.79 Å². The van der Waals surface area contributed by atoms with E-state index in [2.05, 4.69) is 0 Å². The summed E-state index contributed by atoms with van der Waals surface area (Å²) in [6, 6.07) is 11.8. The number of benzene rings is 3. The lowest BCUT2D eigenvalue weighted by atomic mass is 9.85. The topological polar surface area (TPSA) is 119 Å². The molecule has 0 radical (unpaired) electrons. The highest BCUT2D eigenvalue weighted by Gasteiger charge is 2.58. The number of halogens is 1. The fourth-order valence-electron chi connectivity index (χ4n) is 4.93. The van der Waals surface area contributed by atoms with Crippen molar-refractivity contribution in [3.8, 4) is 11.5 Å². The molecular weight excluding hydrogens is 490 g/mol. The van der Waals surface area contributed by atoms with Crippen molar-refractivity contribution in [2.24, 2.45) is 0 Å². The largest absolute Gasteiger partial charge is 0.454 e. The van der Waals surface area contributed by atoms with Crippen LogP contribution < -0.4 is 14.4 Å². The van der Waals surface area contributed by atoms with Gasteiger partial charge in [0.05, 0.1) is 22.1 Å². The number of ether oxygens (including phenoxy) is 2. The van der Waals surface area contributed by atoms with E-state index in [0.29, 0.717) is 27.8 Å². The average molecular weight is 506 g/mol. The Bertz CT molecular complexity index is 1520. The van der Waals surface area contributed by atoms with Crippen molar-refractivity contribution in [2.75, 3.05) is 11.7 Å². The van der Waals surface area contributed by atoms with Crippen LogP contribution in [0.25, 0.3) is 0 Å². The molecule has 0 saturated carbocycles. The molecule has 3 aliphatic rings. The molecular formula is C25H16ClN3O7. The number of aryl methyl sites for hydroxylation is 1. The van der Waals surface area contributed by atoms with Gasteiger partial charge in [0.15, 0.2) is 11.5 Å². The lowest BCUT2D eigenvalue weighted by molar-refractivity contribution is -0.384. The third kappa shape index (κ3) is 3.07. The molecule has 1 fully saturated rings. The fraction of sp³-hybridized carbons (Fsp3) is 0.160. The number of rotatable bonds is 4. The minimum atomic E-state index is -1.16. The van der Waals surface area contributed by atoms with E-state index in [0.717, 1.165) is 22.6 Å². The van der Waals surface area contributed by atoms with Gasteiger partial charge in [0.1, 0.15) is 6.04 Å². The Hall–Kier alpha value is -4.44. The van der Waals surface area contributed by atoms with Gasteiger partial charge < -0.3 is 14.4 Å². The molecule has 10 nitrogen and oxygen atoms in total. The first kappa shape index (κ1) is 22.1. The molecule has 3 amide bonds. The molecule has 0 spiro atoms. The fourth-order valence-corrected chi connectivity index (χ4v) is 5.15. The van der Waals surface area contributed by atoms with Crippen molar-refractivity contribution in [3.63, 3.8) is 0 Å². The van der Waals surface area contributed by atoms with Crippen LogP contribution >= 0.6 is 11.6 Å². The minimum absolute atomic E-state index is 0.0176. The zero-order chi connectivity index (χ0) is 25.3. The Morgan fingerprint density at radius 3 is 2.39 bits per heavy atom. The van der Waals surface area contributed by atoms with E-state index in [1.54, 1.807) is 43.3 Å². The lowest BCUT2D eigenvalue weighted by Crippen LogP contribution is -2.67. The van der Waals surface area contributed by atoms with E-state index in [1.165, 1.54) is 11.0 Å². The van der Waals surface area contributed by atoms with Crippen molar-refractivity contribution in [1.82, 2.24) is 4.90 Å². The zero-order valence-corrected chi connectivity index (χ0v) is 19.4. The number of non-ortho nitro benzene ring substituents is 1. The van der Waals surface area contributed by atoms with Crippen LogP contribution in [0.1, 0.15) is 37.9 Å². The van der Waals surface area contributed by atoms with Crippen molar-refractivity contribution < 1.29 is 28.8 Å². The summed E-state index contributed by atoms with van der Waals surface area (Å²) in [5.41, 5.74) is 1.54. The van der Waals surface area contributed by atoms with Crippen LogP contribution in [0, 0.1) is 17.0 Å². The molecule has 0 bridgehead atoms. The van der Waals surface area contributed by atoms with Gasteiger partial charge in [-0.2, -0.15) is 0 Å². The molecule has 36 heavy (non-hydrogen) atoms. The van der Waals surface area contributed by atoms with E-state index in [1.807, 2.05) is 0 Å². The number of imide groups is 1. The van der Waals surface area contributed by atoms with Gasteiger partial charge in [-0.1, -0.05) is 17.7 Å². The number of fused-ring (bicyclic) bond motifs is 2. The summed E-state index contributed by atoms with van der Waals surface area (Å²) in [5, 5.41) is 11.7. The number of hydrogen-bond donors (Lipinski definition) is 0. The average Bonchev–Trinajstić information content (AvgIpc) is 3.41. The number of nitro groups is 1. The Labute approximate surface area is 208 Å². The summed E-state index contributed by atoms with van der Waals surface area (Å²) in [4.78, 5) is 53.2. The number of nitro benzene ring substituents is 1. The van der Waals surface area contributed by atoms with Crippen LogP contribution in [0.2, 0.25) is 5.02 Å². The van der Waals surface area contributed by atoms with Crippen LogP contribution in [0.3, 0.4) is 0 Å². The number of carbonyl (C=O) groups is 3.